The molecule has 1 saturated carbocycles. The van der Waals surface area contributed by atoms with Gasteiger partial charge in [-0.2, -0.15) is 0 Å². The number of hydrogen-bond donors (Lipinski definition) is 3. The van der Waals surface area contributed by atoms with Crippen LogP contribution >= 0.6 is 0 Å². The molecule has 1 amide bonds. The fourth-order valence-corrected chi connectivity index (χ4v) is 3.01. The Labute approximate surface area is 125 Å². The van der Waals surface area contributed by atoms with Crippen LogP contribution in [0.25, 0.3) is 0 Å². The summed E-state index contributed by atoms with van der Waals surface area (Å²) in [6, 6.07) is 9.34. The molecule has 0 heterocycles. The monoisotopic (exact) mass is 289 g/mol. The van der Waals surface area contributed by atoms with Gasteiger partial charge in [0.1, 0.15) is 5.92 Å². The molecule has 0 spiro atoms. The maximum atomic E-state index is 12.5. The van der Waals surface area contributed by atoms with Crippen molar-refractivity contribution in [2.45, 2.75) is 44.6 Å². The third-order valence-corrected chi connectivity index (χ3v) is 4.09. The van der Waals surface area contributed by atoms with Crippen molar-refractivity contribution in [2.75, 3.05) is 0 Å². The summed E-state index contributed by atoms with van der Waals surface area (Å²) in [6.07, 6.45) is 4.33. The van der Waals surface area contributed by atoms with Gasteiger partial charge in [0, 0.05) is 6.04 Å². The number of carbonyl (C=O) groups is 1. The van der Waals surface area contributed by atoms with E-state index >= 15 is 0 Å². The van der Waals surface area contributed by atoms with Gasteiger partial charge in [0.05, 0.1) is 0 Å². The third-order valence-electron chi connectivity index (χ3n) is 4.09. The Morgan fingerprint density at radius 3 is 2.71 bits per heavy atom. The number of amides is 1. The molecule has 1 aliphatic carbocycles. The predicted octanol–water partition coefficient (Wildman–Crippen LogP) is 2.21. The van der Waals surface area contributed by atoms with Gasteiger partial charge in [0.2, 0.25) is 5.91 Å². The van der Waals surface area contributed by atoms with Crippen molar-refractivity contribution in [2.24, 2.45) is 16.8 Å². The Kier molecular flexibility index (Phi) is 5.20. The molecule has 0 radical (unpaired) electrons. The largest absolute Gasteiger partial charge is 0.409 e. The van der Waals surface area contributed by atoms with Crippen molar-refractivity contribution >= 4 is 11.7 Å². The van der Waals surface area contributed by atoms with Crippen LogP contribution in [-0.2, 0) is 4.79 Å². The van der Waals surface area contributed by atoms with Gasteiger partial charge in [-0.25, -0.2) is 0 Å². The molecule has 0 aromatic heterocycles. The van der Waals surface area contributed by atoms with Crippen LogP contribution in [0.2, 0.25) is 0 Å². The average Bonchev–Trinajstić information content (AvgIpc) is 2.48. The number of carbonyl (C=O) groups excluding carboxylic acids is 1. The zero-order valence-electron chi connectivity index (χ0n) is 12.3. The van der Waals surface area contributed by atoms with Crippen molar-refractivity contribution in [1.82, 2.24) is 5.32 Å². The van der Waals surface area contributed by atoms with E-state index in [1.807, 2.05) is 30.3 Å². The number of oxime groups is 1. The van der Waals surface area contributed by atoms with Crippen molar-refractivity contribution in [3.63, 3.8) is 0 Å². The molecule has 0 saturated heterocycles. The van der Waals surface area contributed by atoms with Crippen LogP contribution in [0.15, 0.2) is 35.5 Å². The Hall–Kier alpha value is -2.04. The molecule has 3 unspecified atom stereocenters. The van der Waals surface area contributed by atoms with Crippen LogP contribution in [0, 0.1) is 5.92 Å². The van der Waals surface area contributed by atoms with Gasteiger partial charge in [-0.05, 0) is 24.3 Å². The van der Waals surface area contributed by atoms with Gasteiger partial charge in [0.25, 0.3) is 0 Å². The standard InChI is InChI=1S/C16H23N3O2/c1-11-6-5-9-13(10-11)18-16(20)14(15(17)19-21)12-7-3-2-4-8-12/h2-4,7-8,11,13-14,21H,5-6,9-10H2,1H3,(H2,17,19)(H,18,20). The molecular formula is C16H23N3O2. The SMILES string of the molecule is CC1CCCC(NC(=O)C(C(N)=NO)c2ccccc2)C1. The van der Waals surface area contributed by atoms with E-state index in [0.717, 1.165) is 24.8 Å². The van der Waals surface area contributed by atoms with E-state index < -0.39 is 5.92 Å². The minimum absolute atomic E-state index is 0.0810. The smallest absolute Gasteiger partial charge is 0.235 e. The zero-order valence-corrected chi connectivity index (χ0v) is 12.3. The van der Waals surface area contributed by atoms with E-state index in [-0.39, 0.29) is 17.8 Å². The summed E-state index contributed by atoms with van der Waals surface area (Å²) in [6.45, 7) is 2.20. The van der Waals surface area contributed by atoms with Crippen molar-refractivity contribution in [1.29, 1.82) is 0 Å². The van der Waals surface area contributed by atoms with Crippen LogP contribution in [0.4, 0.5) is 0 Å². The molecule has 0 bridgehead atoms. The summed E-state index contributed by atoms with van der Waals surface area (Å²) in [7, 11) is 0. The number of nitrogens with one attached hydrogen (secondary N) is 1. The van der Waals surface area contributed by atoms with Gasteiger partial charge in [0.15, 0.2) is 5.84 Å². The number of nitrogens with zero attached hydrogens (tertiary/aromatic N) is 1. The van der Waals surface area contributed by atoms with Gasteiger partial charge in [-0.1, -0.05) is 55.3 Å². The first-order chi connectivity index (χ1) is 10.1. The van der Waals surface area contributed by atoms with Crippen LogP contribution in [0.1, 0.15) is 44.1 Å². The van der Waals surface area contributed by atoms with Gasteiger partial charge in [-0.15, -0.1) is 0 Å². The van der Waals surface area contributed by atoms with Crippen molar-refractivity contribution < 1.29 is 10.0 Å². The van der Waals surface area contributed by atoms with Gasteiger partial charge in [-0.3, -0.25) is 4.79 Å². The lowest BCUT2D eigenvalue weighted by Gasteiger charge is -2.29. The van der Waals surface area contributed by atoms with Crippen molar-refractivity contribution in [3.8, 4) is 0 Å². The highest BCUT2D eigenvalue weighted by Crippen LogP contribution is 2.24. The highest BCUT2D eigenvalue weighted by molar-refractivity contribution is 6.07. The maximum Gasteiger partial charge on any atom is 0.235 e. The van der Waals surface area contributed by atoms with E-state index in [1.165, 1.54) is 6.42 Å². The molecule has 5 heteroatoms. The second-order valence-corrected chi connectivity index (χ2v) is 5.85. The van der Waals surface area contributed by atoms with Crippen LogP contribution < -0.4 is 11.1 Å². The molecule has 0 aliphatic heterocycles. The average molecular weight is 289 g/mol. The van der Waals surface area contributed by atoms with E-state index in [0.29, 0.717) is 5.92 Å². The van der Waals surface area contributed by atoms with Crippen LogP contribution in [0.5, 0.6) is 0 Å². The van der Waals surface area contributed by atoms with E-state index in [2.05, 4.69) is 17.4 Å². The number of amidine groups is 1. The third kappa shape index (κ3) is 3.97. The molecule has 114 valence electrons. The summed E-state index contributed by atoms with van der Waals surface area (Å²) in [4.78, 5) is 12.5. The fourth-order valence-electron chi connectivity index (χ4n) is 3.01. The number of benzene rings is 1. The number of rotatable bonds is 4. The minimum Gasteiger partial charge on any atom is -0.409 e. The van der Waals surface area contributed by atoms with E-state index in [4.69, 9.17) is 10.9 Å². The quantitative estimate of drug-likeness (QED) is 0.344. The summed E-state index contributed by atoms with van der Waals surface area (Å²) in [5.74, 6) is -0.394. The number of nitrogens with two attached hydrogens (primary N) is 1. The molecule has 1 aliphatic rings. The lowest BCUT2D eigenvalue weighted by atomic mass is 9.86. The van der Waals surface area contributed by atoms with E-state index in [9.17, 15) is 4.79 Å². The predicted molar refractivity (Wildman–Crippen MR) is 82.2 cm³/mol. The highest BCUT2D eigenvalue weighted by atomic mass is 16.4. The molecule has 5 nitrogen and oxygen atoms in total. The maximum absolute atomic E-state index is 12.5. The van der Waals surface area contributed by atoms with E-state index in [1.54, 1.807) is 0 Å². The molecular weight excluding hydrogens is 266 g/mol. The summed E-state index contributed by atoms with van der Waals surface area (Å²) >= 11 is 0. The molecule has 1 aromatic carbocycles. The molecule has 4 N–H and O–H groups in total. The second-order valence-electron chi connectivity index (χ2n) is 5.85. The molecule has 2 rings (SSSR count). The fraction of sp³-hybridized carbons (Fsp3) is 0.500. The molecule has 21 heavy (non-hydrogen) atoms. The molecule has 1 fully saturated rings. The van der Waals surface area contributed by atoms with Crippen LogP contribution in [-0.4, -0.2) is 23.0 Å². The summed E-state index contributed by atoms with van der Waals surface area (Å²) < 4.78 is 0. The first kappa shape index (κ1) is 15.4. The lowest BCUT2D eigenvalue weighted by Crippen LogP contribution is -2.44. The lowest BCUT2D eigenvalue weighted by molar-refractivity contribution is -0.122. The summed E-state index contributed by atoms with van der Waals surface area (Å²) in [5.41, 5.74) is 6.45. The zero-order chi connectivity index (χ0) is 15.2. The highest BCUT2D eigenvalue weighted by Gasteiger charge is 2.28. The van der Waals surface area contributed by atoms with Gasteiger partial charge >= 0.3 is 0 Å². The molecule has 3 atom stereocenters. The van der Waals surface area contributed by atoms with Crippen LogP contribution in [0.3, 0.4) is 0 Å². The minimum atomic E-state index is -0.742. The second kappa shape index (κ2) is 7.11. The Bertz CT molecular complexity index is 502. The van der Waals surface area contributed by atoms with Crippen molar-refractivity contribution in [3.05, 3.63) is 35.9 Å². The topological polar surface area (TPSA) is 87.7 Å². The Balaban J connectivity index is 2.12. The summed E-state index contributed by atoms with van der Waals surface area (Å²) in [5, 5.41) is 15.0. The van der Waals surface area contributed by atoms with Gasteiger partial charge < -0.3 is 16.3 Å². The normalized spacial score (nSPS) is 24.3. The Morgan fingerprint density at radius 2 is 2.10 bits per heavy atom. The number of hydrogen-bond acceptors (Lipinski definition) is 3. The first-order valence-corrected chi connectivity index (χ1v) is 7.44. The first-order valence-electron chi connectivity index (χ1n) is 7.44. The Morgan fingerprint density at radius 1 is 1.38 bits per heavy atom. The molecule has 1 aromatic rings.